The highest BCUT2D eigenvalue weighted by Gasteiger charge is 2.28. The minimum atomic E-state index is 0.283. The molecule has 0 atom stereocenters. The number of nitrogens with one attached hydrogen (secondary N) is 1. The molecule has 0 radical (unpaired) electrons. The third-order valence-electron chi connectivity index (χ3n) is 4.08. The second kappa shape index (κ2) is 5.20. The van der Waals surface area contributed by atoms with Gasteiger partial charge in [0.15, 0.2) is 0 Å². The summed E-state index contributed by atoms with van der Waals surface area (Å²) in [6, 6.07) is 2.04. The molecule has 5 heteroatoms. The van der Waals surface area contributed by atoms with Crippen LogP contribution in [0.3, 0.4) is 0 Å². The molecule has 0 saturated heterocycles. The molecule has 20 heavy (non-hydrogen) atoms. The lowest BCUT2D eigenvalue weighted by Gasteiger charge is -2.34. The van der Waals surface area contributed by atoms with Gasteiger partial charge in [-0.15, -0.1) is 11.3 Å². The van der Waals surface area contributed by atoms with E-state index in [1.807, 2.05) is 18.5 Å². The summed E-state index contributed by atoms with van der Waals surface area (Å²) in [6.07, 6.45) is 4.93. The van der Waals surface area contributed by atoms with Crippen LogP contribution in [0.5, 0.6) is 5.88 Å². The van der Waals surface area contributed by atoms with Gasteiger partial charge in [0.1, 0.15) is 10.9 Å². The first-order valence-electron chi connectivity index (χ1n) is 7.17. The molecule has 0 bridgehead atoms. The van der Waals surface area contributed by atoms with E-state index in [1.165, 1.54) is 12.8 Å². The molecule has 108 valence electrons. The van der Waals surface area contributed by atoms with Crippen molar-refractivity contribution in [2.75, 3.05) is 12.4 Å². The highest BCUT2D eigenvalue weighted by Crippen LogP contribution is 2.37. The number of hydrogen-bond acceptors (Lipinski definition) is 5. The van der Waals surface area contributed by atoms with Crippen LogP contribution < -0.4 is 10.1 Å². The molecular formula is C15H21N3OS. The molecule has 1 aliphatic rings. The molecular weight excluding hydrogens is 270 g/mol. The Labute approximate surface area is 123 Å². The van der Waals surface area contributed by atoms with E-state index in [0.717, 1.165) is 28.9 Å². The standard InChI is InChI=1S/C15H21N3OS/c1-15(2)7-4-10(5-8-15)19-12-11-6-9-20-13(11)18-14(16-3)17-12/h6,9-10H,4-5,7-8H2,1-3H3,(H,16,17,18). The summed E-state index contributed by atoms with van der Waals surface area (Å²) in [5, 5.41) is 6.07. The van der Waals surface area contributed by atoms with Crippen LogP contribution >= 0.6 is 11.3 Å². The monoisotopic (exact) mass is 291 g/mol. The number of ether oxygens (including phenoxy) is 1. The summed E-state index contributed by atoms with van der Waals surface area (Å²) in [5.41, 5.74) is 0.458. The normalized spacial score (nSPS) is 19.1. The van der Waals surface area contributed by atoms with Crippen LogP contribution in [0.4, 0.5) is 5.95 Å². The number of fused-ring (bicyclic) bond motifs is 1. The highest BCUT2D eigenvalue weighted by atomic mass is 32.1. The lowest BCUT2D eigenvalue weighted by atomic mass is 9.76. The van der Waals surface area contributed by atoms with Crippen molar-refractivity contribution in [2.24, 2.45) is 5.41 Å². The first kappa shape index (κ1) is 13.6. The first-order valence-corrected chi connectivity index (χ1v) is 8.05. The van der Waals surface area contributed by atoms with Crippen LogP contribution in [0.15, 0.2) is 11.4 Å². The van der Waals surface area contributed by atoms with Gasteiger partial charge in [-0.05, 0) is 42.5 Å². The van der Waals surface area contributed by atoms with Crippen molar-refractivity contribution in [3.63, 3.8) is 0 Å². The lowest BCUT2D eigenvalue weighted by Crippen LogP contribution is -2.28. The van der Waals surface area contributed by atoms with Crippen LogP contribution in [0.1, 0.15) is 39.5 Å². The van der Waals surface area contributed by atoms with Gasteiger partial charge in [0, 0.05) is 7.05 Å². The number of thiophene rings is 1. The Balaban J connectivity index is 1.82. The number of hydrogen-bond donors (Lipinski definition) is 1. The van der Waals surface area contributed by atoms with E-state index in [4.69, 9.17) is 4.74 Å². The molecule has 2 aromatic rings. The van der Waals surface area contributed by atoms with E-state index in [2.05, 4.69) is 29.1 Å². The predicted molar refractivity (Wildman–Crippen MR) is 83.6 cm³/mol. The zero-order valence-corrected chi connectivity index (χ0v) is 13.1. The van der Waals surface area contributed by atoms with Crippen LogP contribution in [-0.2, 0) is 0 Å². The Morgan fingerprint density at radius 2 is 2.05 bits per heavy atom. The summed E-state index contributed by atoms with van der Waals surface area (Å²) in [4.78, 5) is 9.91. The third-order valence-corrected chi connectivity index (χ3v) is 4.88. The average molecular weight is 291 g/mol. The van der Waals surface area contributed by atoms with E-state index in [-0.39, 0.29) is 6.10 Å². The molecule has 4 nitrogen and oxygen atoms in total. The topological polar surface area (TPSA) is 47.0 Å². The van der Waals surface area contributed by atoms with Crippen molar-refractivity contribution < 1.29 is 4.74 Å². The van der Waals surface area contributed by atoms with Crippen molar-refractivity contribution >= 4 is 27.5 Å². The molecule has 3 rings (SSSR count). The quantitative estimate of drug-likeness (QED) is 0.925. The first-order chi connectivity index (χ1) is 9.57. The van der Waals surface area contributed by atoms with Gasteiger partial charge in [-0.25, -0.2) is 4.98 Å². The minimum absolute atomic E-state index is 0.283. The second-order valence-corrected chi connectivity index (χ2v) is 7.12. The van der Waals surface area contributed by atoms with Crippen LogP contribution in [0.2, 0.25) is 0 Å². The van der Waals surface area contributed by atoms with E-state index in [9.17, 15) is 0 Å². The van der Waals surface area contributed by atoms with Crippen molar-refractivity contribution in [3.8, 4) is 5.88 Å². The number of aromatic nitrogens is 2. The number of nitrogens with zero attached hydrogens (tertiary/aromatic N) is 2. The molecule has 2 aromatic heterocycles. The molecule has 0 spiro atoms. The fourth-order valence-corrected chi connectivity index (χ4v) is 3.43. The zero-order chi connectivity index (χ0) is 14.2. The number of anilines is 1. The molecule has 1 saturated carbocycles. The summed E-state index contributed by atoms with van der Waals surface area (Å²) in [6.45, 7) is 4.67. The van der Waals surface area contributed by atoms with Gasteiger partial charge < -0.3 is 10.1 Å². The van der Waals surface area contributed by atoms with Crippen LogP contribution in [-0.4, -0.2) is 23.1 Å². The van der Waals surface area contributed by atoms with E-state index in [1.54, 1.807) is 11.3 Å². The Morgan fingerprint density at radius 3 is 2.75 bits per heavy atom. The third kappa shape index (κ3) is 2.73. The lowest BCUT2D eigenvalue weighted by molar-refractivity contribution is 0.0964. The van der Waals surface area contributed by atoms with E-state index < -0.39 is 0 Å². The molecule has 2 heterocycles. The largest absolute Gasteiger partial charge is 0.474 e. The second-order valence-electron chi connectivity index (χ2n) is 6.22. The van der Waals surface area contributed by atoms with Gasteiger partial charge in [0.05, 0.1) is 5.39 Å². The zero-order valence-electron chi connectivity index (χ0n) is 12.3. The summed E-state index contributed by atoms with van der Waals surface area (Å²) >= 11 is 1.62. The van der Waals surface area contributed by atoms with Crippen molar-refractivity contribution in [2.45, 2.75) is 45.6 Å². The molecule has 0 aromatic carbocycles. The van der Waals surface area contributed by atoms with Gasteiger partial charge >= 0.3 is 0 Å². The van der Waals surface area contributed by atoms with Crippen molar-refractivity contribution in [1.82, 2.24) is 9.97 Å². The van der Waals surface area contributed by atoms with Crippen LogP contribution in [0, 0.1) is 5.41 Å². The Kier molecular flexibility index (Phi) is 3.54. The Bertz CT molecular complexity index is 598. The predicted octanol–water partition coefficient (Wildman–Crippen LogP) is 4.08. The minimum Gasteiger partial charge on any atom is -0.474 e. The van der Waals surface area contributed by atoms with E-state index in [0.29, 0.717) is 11.4 Å². The Hall–Kier alpha value is -1.36. The Morgan fingerprint density at radius 1 is 1.30 bits per heavy atom. The average Bonchev–Trinajstić information content (AvgIpc) is 2.89. The highest BCUT2D eigenvalue weighted by molar-refractivity contribution is 7.16. The summed E-state index contributed by atoms with van der Waals surface area (Å²) in [5.74, 6) is 1.36. The summed E-state index contributed by atoms with van der Waals surface area (Å²) < 4.78 is 6.18. The van der Waals surface area contributed by atoms with Gasteiger partial charge in [-0.1, -0.05) is 13.8 Å². The van der Waals surface area contributed by atoms with Crippen molar-refractivity contribution in [3.05, 3.63) is 11.4 Å². The fraction of sp³-hybridized carbons (Fsp3) is 0.600. The van der Waals surface area contributed by atoms with Gasteiger partial charge in [0.25, 0.3) is 0 Å². The van der Waals surface area contributed by atoms with E-state index >= 15 is 0 Å². The molecule has 1 fully saturated rings. The molecule has 0 unspecified atom stereocenters. The summed E-state index contributed by atoms with van der Waals surface area (Å²) in [7, 11) is 1.84. The van der Waals surface area contributed by atoms with Crippen molar-refractivity contribution in [1.29, 1.82) is 0 Å². The number of rotatable bonds is 3. The molecule has 0 aliphatic heterocycles. The smallest absolute Gasteiger partial charge is 0.227 e. The fourth-order valence-electron chi connectivity index (χ4n) is 2.68. The van der Waals surface area contributed by atoms with Gasteiger partial charge in [-0.2, -0.15) is 4.98 Å². The molecule has 1 aliphatic carbocycles. The maximum atomic E-state index is 6.18. The molecule has 0 amide bonds. The SMILES string of the molecule is CNc1nc(OC2CCC(C)(C)CC2)c2ccsc2n1. The maximum Gasteiger partial charge on any atom is 0.227 e. The molecule has 1 N–H and O–H groups in total. The van der Waals surface area contributed by atoms with Gasteiger partial charge in [-0.3, -0.25) is 0 Å². The van der Waals surface area contributed by atoms with Gasteiger partial charge in [0.2, 0.25) is 11.8 Å². The van der Waals surface area contributed by atoms with Crippen LogP contribution in [0.25, 0.3) is 10.2 Å². The maximum absolute atomic E-state index is 6.18.